The van der Waals surface area contributed by atoms with E-state index in [4.69, 9.17) is 4.74 Å². The van der Waals surface area contributed by atoms with E-state index in [9.17, 15) is 18.0 Å². The molecule has 9 heteroatoms. The first-order chi connectivity index (χ1) is 10.0. The highest BCUT2D eigenvalue weighted by molar-refractivity contribution is 5.94. The van der Waals surface area contributed by atoms with Crippen molar-refractivity contribution in [3.05, 3.63) is 29.7 Å². The minimum Gasteiger partial charge on any atom is -0.461 e. The van der Waals surface area contributed by atoms with E-state index in [-0.39, 0.29) is 29.3 Å². The maximum Gasteiger partial charge on any atom is 0.387 e. The number of ether oxygens (including phenoxy) is 2. The van der Waals surface area contributed by atoms with E-state index in [1.54, 1.807) is 6.92 Å². The predicted molar refractivity (Wildman–Crippen MR) is 64.4 cm³/mol. The maximum absolute atomic E-state index is 13.8. The first-order valence-electron chi connectivity index (χ1n) is 5.85. The van der Waals surface area contributed by atoms with Crippen LogP contribution in [0, 0.1) is 5.82 Å². The Hall–Kier alpha value is -2.58. The van der Waals surface area contributed by atoms with Crippen LogP contribution in [0.2, 0.25) is 0 Å². The Balaban J connectivity index is 2.42. The van der Waals surface area contributed by atoms with Gasteiger partial charge < -0.3 is 9.47 Å². The predicted octanol–water partition coefficient (Wildman–Crippen LogP) is 2.39. The highest BCUT2D eigenvalue weighted by Crippen LogP contribution is 2.28. The van der Waals surface area contributed by atoms with Crippen molar-refractivity contribution in [3.63, 3.8) is 0 Å². The number of aromatic amines is 1. The molecule has 0 aliphatic heterocycles. The number of H-pyrrole nitrogens is 1. The van der Waals surface area contributed by atoms with Gasteiger partial charge in [-0.2, -0.15) is 19.1 Å². The summed E-state index contributed by atoms with van der Waals surface area (Å²) in [6.45, 7) is -1.36. The van der Waals surface area contributed by atoms with Crippen LogP contribution in [0.4, 0.5) is 13.2 Å². The van der Waals surface area contributed by atoms with Gasteiger partial charge in [0.2, 0.25) is 0 Å². The van der Waals surface area contributed by atoms with Gasteiger partial charge in [0, 0.05) is 5.56 Å². The van der Waals surface area contributed by atoms with Crippen molar-refractivity contribution in [1.82, 2.24) is 15.4 Å². The van der Waals surface area contributed by atoms with Crippen molar-refractivity contribution >= 4 is 5.97 Å². The summed E-state index contributed by atoms with van der Waals surface area (Å²) in [4.78, 5) is 11.7. The summed E-state index contributed by atoms with van der Waals surface area (Å²) < 4.78 is 47.1. The quantitative estimate of drug-likeness (QED) is 0.858. The average molecular weight is 301 g/mol. The third-order valence-electron chi connectivity index (χ3n) is 2.43. The van der Waals surface area contributed by atoms with Crippen molar-refractivity contribution in [1.29, 1.82) is 0 Å². The van der Waals surface area contributed by atoms with Gasteiger partial charge in [-0.05, 0) is 25.1 Å². The number of nitrogens with zero attached hydrogens (tertiary/aromatic N) is 2. The second kappa shape index (κ2) is 6.25. The van der Waals surface area contributed by atoms with Gasteiger partial charge in [0.25, 0.3) is 0 Å². The molecule has 0 bridgehead atoms. The Kier molecular flexibility index (Phi) is 4.41. The Morgan fingerprint density at radius 2 is 2.14 bits per heavy atom. The molecule has 0 amide bonds. The number of benzene rings is 1. The molecule has 0 aliphatic rings. The Labute approximate surface area is 116 Å². The zero-order valence-electron chi connectivity index (χ0n) is 10.8. The SMILES string of the molecule is CCOC(=O)c1n[nH]nc1-c1cc(OC(F)F)ccc1F. The molecular formula is C12H10F3N3O3. The summed E-state index contributed by atoms with van der Waals surface area (Å²) >= 11 is 0. The van der Waals surface area contributed by atoms with Crippen molar-refractivity contribution < 1.29 is 27.4 Å². The number of esters is 1. The van der Waals surface area contributed by atoms with E-state index in [0.717, 1.165) is 18.2 Å². The third-order valence-corrected chi connectivity index (χ3v) is 2.43. The highest BCUT2D eigenvalue weighted by Gasteiger charge is 2.22. The van der Waals surface area contributed by atoms with Gasteiger partial charge in [-0.1, -0.05) is 0 Å². The monoisotopic (exact) mass is 301 g/mol. The Bertz CT molecular complexity index is 646. The van der Waals surface area contributed by atoms with Gasteiger partial charge in [-0.25, -0.2) is 9.18 Å². The van der Waals surface area contributed by atoms with E-state index in [0.29, 0.717) is 0 Å². The summed E-state index contributed by atoms with van der Waals surface area (Å²) in [5.41, 5.74) is -0.597. The molecule has 1 heterocycles. The zero-order chi connectivity index (χ0) is 15.4. The number of nitrogens with one attached hydrogen (secondary N) is 1. The van der Waals surface area contributed by atoms with Crippen LogP contribution in [0.1, 0.15) is 17.4 Å². The van der Waals surface area contributed by atoms with Gasteiger partial charge in [-0.15, -0.1) is 5.10 Å². The number of carbonyl (C=O) groups excluding carboxylic acids is 1. The smallest absolute Gasteiger partial charge is 0.387 e. The normalized spacial score (nSPS) is 10.7. The molecule has 0 saturated carbocycles. The van der Waals surface area contributed by atoms with Crippen molar-refractivity contribution in [3.8, 4) is 17.0 Å². The average Bonchev–Trinajstić information content (AvgIpc) is 2.90. The van der Waals surface area contributed by atoms with Crippen LogP contribution in [0.25, 0.3) is 11.3 Å². The molecule has 112 valence electrons. The molecule has 6 nitrogen and oxygen atoms in total. The molecule has 1 N–H and O–H groups in total. The van der Waals surface area contributed by atoms with Crippen molar-refractivity contribution in [2.75, 3.05) is 6.61 Å². The number of halogens is 3. The molecule has 0 unspecified atom stereocenters. The molecule has 0 fully saturated rings. The molecule has 0 spiro atoms. The summed E-state index contributed by atoms with van der Waals surface area (Å²) in [6.07, 6.45) is 0. The second-order valence-corrected chi connectivity index (χ2v) is 3.76. The minimum absolute atomic E-state index is 0.0994. The second-order valence-electron chi connectivity index (χ2n) is 3.76. The van der Waals surface area contributed by atoms with E-state index in [1.165, 1.54) is 0 Å². The molecular weight excluding hydrogens is 291 g/mol. The first kappa shape index (κ1) is 14.8. The standard InChI is InChI=1S/C12H10F3N3O3/c1-2-20-11(19)10-9(16-18-17-10)7-5-6(21-12(14)15)3-4-8(7)13/h3-5,12H,2H2,1H3,(H,16,17,18). The maximum atomic E-state index is 13.8. The Morgan fingerprint density at radius 3 is 2.81 bits per heavy atom. The van der Waals surface area contributed by atoms with E-state index in [1.807, 2.05) is 0 Å². The molecule has 1 aromatic heterocycles. The number of rotatable bonds is 5. The van der Waals surface area contributed by atoms with Gasteiger partial charge >= 0.3 is 12.6 Å². The molecule has 0 radical (unpaired) electrons. The summed E-state index contributed by atoms with van der Waals surface area (Å²) in [5, 5.41) is 9.39. The van der Waals surface area contributed by atoms with Crippen LogP contribution < -0.4 is 4.74 Å². The lowest BCUT2D eigenvalue weighted by atomic mass is 10.1. The lowest BCUT2D eigenvalue weighted by Crippen LogP contribution is -2.07. The fraction of sp³-hybridized carbons (Fsp3) is 0.250. The van der Waals surface area contributed by atoms with Crippen LogP contribution >= 0.6 is 0 Å². The Morgan fingerprint density at radius 1 is 1.38 bits per heavy atom. The highest BCUT2D eigenvalue weighted by atomic mass is 19.3. The fourth-order valence-electron chi connectivity index (χ4n) is 1.62. The van der Waals surface area contributed by atoms with Gasteiger partial charge in [0.05, 0.1) is 6.61 Å². The number of aromatic nitrogens is 3. The van der Waals surface area contributed by atoms with Crippen molar-refractivity contribution in [2.45, 2.75) is 13.5 Å². The summed E-state index contributed by atoms with van der Waals surface area (Å²) in [5.74, 6) is -1.84. The number of hydrogen-bond acceptors (Lipinski definition) is 5. The lowest BCUT2D eigenvalue weighted by Gasteiger charge is -2.07. The van der Waals surface area contributed by atoms with E-state index < -0.39 is 18.4 Å². The van der Waals surface area contributed by atoms with E-state index in [2.05, 4.69) is 20.1 Å². The zero-order valence-corrected chi connectivity index (χ0v) is 10.8. The van der Waals surface area contributed by atoms with Crippen LogP contribution in [-0.4, -0.2) is 34.6 Å². The van der Waals surface area contributed by atoms with Crippen molar-refractivity contribution in [2.24, 2.45) is 0 Å². The molecule has 2 rings (SSSR count). The molecule has 0 saturated heterocycles. The van der Waals surface area contributed by atoms with Crippen LogP contribution in [0.5, 0.6) is 5.75 Å². The van der Waals surface area contributed by atoms with Gasteiger partial charge in [-0.3, -0.25) is 0 Å². The summed E-state index contributed by atoms with van der Waals surface area (Å²) in [7, 11) is 0. The topological polar surface area (TPSA) is 77.1 Å². The van der Waals surface area contributed by atoms with E-state index >= 15 is 0 Å². The molecule has 1 aromatic carbocycles. The fourth-order valence-corrected chi connectivity index (χ4v) is 1.62. The largest absolute Gasteiger partial charge is 0.461 e. The van der Waals surface area contributed by atoms with Crippen LogP contribution in [-0.2, 0) is 4.74 Å². The molecule has 0 aliphatic carbocycles. The molecule has 0 atom stereocenters. The molecule has 21 heavy (non-hydrogen) atoms. The van der Waals surface area contributed by atoms with Crippen LogP contribution in [0.15, 0.2) is 18.2 Å². The van der Waals surface area contributed by atoms with Crippen LogP contribution in [0.3, 0.4) is 0 Å². The third kappa shape index (κ3) is 3.30. The van der Waals surface area contributed by atoms with Gasteiger partial charge in [0.15, 0.2) is 5.69 Å². The molecule has 2 aromatic rings. The summed E-state index contributed by atoms with van der Waals surface area (Å²) in [6, 6.07) is 2.97. The number of alkyl halides is 2. The number of hydrogen-bond donors (Lipinski definition) is 1. The van der Waals surface area contributed by atoms with Gasteiger partial charge in [0.1, 0.15) is 17.3 Å². The number of carbonyl (C=O) groups is 1. The minimum atomic E-state index is -3.05. The first-order valence-corrected chi connectivity index (χ1v) is 5.85. The lowest BCUT2D eigenvalue weighted by molar-refractivity contribution is -0.0498.